The van der Waals surface area contributed by atoms with Gasteiger partial charge in [-0.05, 0) is 79.6 Å². The quantitative estimate of drug-likeness (QED) is 0.392. The first-order valence-corrected chi connectivity index (χ1v) is 12.8. The van der Waals surface area contributed by atoms with E-state index in [0.717, 1.165) is 0 Å². The van der Waals surface area contributed by atoms with Crippen molar-refractivity contribution in [3.05, 3.63) is 47.1 Å². The fourth-order valence-electron chi connectivity index (χ4n) is 4.80. The van der Waals surface area contributed by atoms with Crippen LogP contribution in [0.15, 0.2) is 47.1 Å². The van der Waals surface area contributed by atoms with Crippen LogP contribution in [0.5, 0.6) is 0 Å². The summed E-state index contributed by atoms with van der Waals surface area (Å²) < 4.78 is 0. The standard InChI is InChI=1S/C16H28.C15H26/c1-7-15(3,4)12-10-14-13(2)9-8-11-16(14,5)6;1-12-8-7-10-15(5,6)13(12)9-11-14(2,3)4/h10,12H,7-9,11H2,1-6H3;8-9,11,13H,7,10H2,1-6H3/b12-10+;11-9+. The van der Waals surface area contributed by atoms with Crippen LogP contribution in [0.2, 0.25) is 0 Å². The first kappa shape index (κ1) is 28.0. The lowest BCUT2D eigenvalue weighted by Gasteiger charge is -2.37. The highest BCUT2D eigenvalue weighted by atomic mass is 14.4. The molecule has 0 heteroatoms. The van der Waals surface area contributed by atoms with E-state index in [9.17, 15) is 0 Å². The van der Waals surface area contributed by atoms with Gasteiger partial charge in [-0.25, -0.2) is 0 Å². The first-order chi connectivity index (χ1) is 14.0. The summed E-state index contributed by atoms with van der Waals surface area (Å²) in [4.78, 5) is 0. The Labute approximate surface area is 196 Å². The largest absolute Gasteiger partial charge is 0.0850 e. The second kappa shape index (κ2) is 10.7. The zero-order valence-electron chi connectivity index (χ0n) is 23.2. The Hall–Kier alpha value is -1.04. The summed E-state index contributed by atoms with van der Waals surface area (Å²) in [6.07, 6.45) is 19.7. The Morgan fingerprint density at radius 3 is 2.06 bits per heavy atom. The predicted octanol–water partition coefficient (Wildman–Crippen LogP) is 10.5. The third-order valence-corrected chi connectivity index (χ3v) is 7.53. The third-order valence-electron chi connectivity index (χ3n) is 7.53. The highest BCUT2D eigenvalue weighted by Gasteiger charge is 2.31. The van der Waals surface area contributed by atoms with E-state index in [2.05, 4.69) is 113 Å². The van der Waals surface area contributed by atoms with Crippen molar-refractivity contribution in [2.45, 2.75) is 122 Å². The molecule has 178 valence electrons. The molecule has 0 aromatic heterocycles. The van der Waals surface area contributed by atoms with Gasteiger partial charge in [0.25, 0.3) is 0 Å². The van der Waals surface area contributed by atoms with Crippen LogP contribution < -0.4 is 0 Å². The molecule has 0 saturated carbocycles. The number of allylic oxidation sites excluding steroid dienone is 8. The maximum Gasteiger partial charge on any atom is 0.00255 e. The molecule has 0 bridgehead atoms. The fraction of sp³-hybridized carbons (Fsp3) is 0.742. The third kappa shape index (κ3) is 9.15. The van der Waals surface area contributed by atoms with Crippen molar-refractivity contribution in [3.63, 3.8) is 0 Å². The minimum absolute atomic E-state index is 0.299. The topological polar surface area (TPSA) is 0 Å². The van der Waals surface area contributed by atoms with E-state index in [4.69, 9.17) is 0 Å². The summed E-state index contributed by atoms with van der Waals surface area (Å²) in [5, 5.41) is 0. The van der Waals surface area contributed by atoms with Gasteiger partial charge < -0.3 is 0 Å². The SMILES string of the molecule is CC1=CCCC(C)(C)C1/C=C/C(C)(C)C.CCC(C)(C)/C=C/C1=C(C)CCCC1(C)C. The van der Waals surface area contributed by atoms with Gasteiger partial charge in [0.1, 0.15) is 0 Å². The van der Waals surface area contributed by atoms with E-state index in [1.54, 1.807) is 16.7 Å². The Bertz CT molecular complexity index is 695. The molecule has 0 N–H and O–H groups in total. The Kier molecular flexibility index (Phi) is 9.68. The molecule has 0 aromatic carbocycles. The molecule has 31 heavy (non-hydrogen) atoms. The normalized spacial score (nSPS) is 24.3. The van der Waals surface area contributed by atoms with E-state index in [1.807, 2.05) is 0 Å². The van der Waals surface area contributed by atoms with Crippen molar-refractivity contribution in [2.75, 3.05) is 0 Å². The summed E-state index contributed by atoms with van der Waals surface area (Å²) in [6.45, 7) is 27.8. The van der Waals surface area contributed by atoms with Gasteiger partial charge >= 0.3 is 0 Å². The zero-order valence-corrected chi connectivity index (χ0v) is 23.2. The van der Waals surface area contributed by atoms with Crippen LogP contribution in [-0.2, 0) is 0 Å². The van der Waals surface area contributed by atoms with Crippen LogP contribution in [0, 0.1) is 27.6 Å². The Morgan fingerprint density at radius 2 is 1.58 bits per heavy atom. The molecule has 0 spiro atoms. The van der Waals surface area contributed by atoms with E-state index in [1.165, 1.54) is 38.5 Å². The summed E-state index contributed by atoms with van der Waals surface area (Å²) >= 11 is 0. The van der Waals surface area contributed by atoms with Crippen LogP contribution in [-0.4, -0.2) is 0 Å². The molecule has 1 atom stereocenters. The van der Waals surface area contributed by atoms with Gasteiger partial charge in [0.2, 0.25) is 0 Å². The second-order valence-corrected chi connectivity index (χ2v) is 13.3. The lowest BCUT2D eigenvalue weighted by Crippen LogP contribution is -2.26. The van der Waals surface area contributed by atoms with E-state index in [0.29, 0.717) is 27.6 Å². The first-order valence-electron chi connectivity index (χ1n) is 12.8. The predicted molar refractivity (Wildman–Crippen MR) is 142 cm³/mol. The molecule has 2 rings (SSSR count). The van der Waals surface area contributed by atoms with Gasteiger partial charge in [-0.15, -0.1) is 0 Å². The van der Waals surface area contributed by atoms with Crippen molar-refractivity contribution in [1.82, 2.24) is 0 Å². The highest BCUT2D eigenvalue weighted by Crippen LogP contribution is 2.42. The summed E-state index contributed by atoms with van der Waals surface area (Å²) in [5.41, 5.74) is 6.17. The molecular weight excluding hydrogens is 372 g/mol. The molecule has 0 radical (unpaired) electrons. The van der Waals surface area contributed by atoms with Gasteiger partial charge in [0.15, 0.2) is 0 Å². The van der Waals surface area contributed by atoms with Crippen molar-refractivity contribution in [2.24, 2.45) is 27.6 Å². The second-order valence-electron chi connectivity index (χ2n) is 13.3. The minimum atomic E-state index is 0.299. The Balaban J connectivity index is 0.000000311. The molecule has 0 aromatic rings. The number of hydrogen-bond acceptors (Lipinski definition) is 0. The molecule has 0 aliphatic heterocycles. The van der Waals surface area contributed by atoms with Crippen LogP contribution in [0.25, 0.3) is 0 Å². The molecule has 0 saturated heterocycles. The fourth-order valence-corrected chi connectivity index (χ4v) is 4.80. The van der Waals surface area contributed by atoms with E-state index < -0.39 is 0 Å². The van der Waals surface area contributed by atoms with Crippen LogP contribution in [0.4, 0.5) is 0 Å². The Morgan fingerprint density at radius 1 is 0.968 bits per heavy atom. The molecule has 2 aliphatic carbocycles. The smallest absolute Gasteiger partial charge is 0.00255 e. The van der Waals surface area contributed by atoms with Crippen LogP contribution in [0.1, 0.15) is 122 Å². The minimum Gasteiger partial charge on any atom is -0.0850 e. The zero-order chi connectivity index (χ0) is 24.1. The van der Waals surface area contributed by atoms with Gasteiger partial charge in [0, 0.05) is 5.92 Å². The molecule has 0 fully saturated rings. The summed E-state index contributed by atoms with van der Waals surface area (Å²) in [5.74, 6) is 0.630. The van der Waals surface area contributed by atoms with Crippen molar-refractivity contribution in [1.29, 1.82) is 0 Å². The van der Waals surface area contributed by atoms with E-state index in [-0.39, 0.29) is 0 Å². The van der Waals surface area contributed by atoms with Gasteiger partial charge in [0.05, 0.1) is 0 Å². The maximum absolute atomic E-state index is 2.42. The van der Waals surface area contributed by atoms with Crippen LogP contribution >= 0.6 is 0 Å². The average Bonchev–Trinajstić information content (AvgIpc) is 2.59. The van der Waals surface area contributed by atoms with Crippen LogP contribution in [0.3, 0.4) is 0 Å². The number of hydrogen-bond donors (Lipinski definition) is 0. The van der Waals surface area contributed by atoms with Gasteiger partial charge in [-0.2, -0.15) is 0 Å². The number of rotatable bonds is 4. The maximum atomic E-state index is 2.42. The average molecular weight is 427 g/mol. The lowest BCUT2D eigenvalue weighted by atomic mass is 9.68. The molecule has 1 unspecified atom stereocenters. The van der Waals surface area contributed by atoms with Crippen molar-refractivity contribution >= 4 is 0 Å². The summed E-state index contributed by atoms with van der Waals surface area (Å²) in [6, 6.07) is 0. The van der Waals surface area contributed by atoms with Crippen molar-refractivity contribution < 1.29 is 0 Å². The van der Waals surface area contributed by atoms with Gasteiger partial charge in [-0.3, -0.25) is 0 Å². The highest BCUT2D eigenvalue weighted by molar-refractivity contribution is 5.33. The van der Waals surface area contributed by atoms with Gasteiger partial charge in [-0.1, -0.05) is 111 Å². The molecular formula is C31H54. The molecule has 0 nitrogen and oxygen atoms in total. The monoisotopic (exact) mass is 426 g/mol. The lowest BCUT2D eigenvalue weighted by molar-refractivity contribution is 0.254. The molecule has 0 heterocycles. The molecule has 2 aliphatic rings. The van der Waals surface area contributed by atoms with E-state index >= 15 is 0 Å². The molecule has 0 amide bonds. The summed E-state index contributed by atoms with van der Waals surface area (Å²) in [7, 11) is 0. The van der Waals surface area contributed by atoms with Crippen molar-refractivity contribution in [3.8, 4) is 0 Å².